The number of aryl methyl sites for hydroxylation is 2. The van der Waals surface area contributed by atoms with Crippen LogP contribution in [0.3, 0.4) is 0 Å². The Labute approximate surface area is 155 Å². The summed E-state index contributed by atoms with van der Waals surface area (Å²) in [5.74, 6) is 0.350. The maximum absolute atomic E-state index is 12.9. The molecule has 1 fully saturated rings. The Morgan fingerprint density at radius 3 is 2.12 bits per heavy atom. The molecule has 1 aliphatic rings. The van der Waals surface area contributed by atoms with Crippen molar-refractivity contribution >= 4 is 16.9 Å². The number of rotatable bonds is 4. The first-order chi connectivity index (χ1) is 12.0. The Morgan fingerprint density at radius 2 is 1.68 bits per heavy atom. The van der Waals surface area contributed by atoms with Crippen molar-refractivity contribution in [2.45, 2.75) is 71.7 Å². The van der Waals surface area contributed by atoms with Crippen molar-refractivity contribution in [2.24, 2.45) is 5.73 Å². The smallest absolute Gasteiger partial charge is 0.235 e. The molecule has 2 atom stereocenters. The molecule has 144 valence electrons. The monoisotopic (exact) mass is 370 g/mol. The van der Waals surface area contributed by atoms with E-state index in [9.17, 15) is 9.00 Å². The van der Waals surface area contributed by atoms with Crippen LogP contribution in [0.1, 0.15) is 58.1 Å². The molecule has 0 saturated carbocycles. The lowest BCUT2D eigenvalue weighted by molar-refractivity contribution is -0.122. The van der Waals surface area contributed by atoms with E-state index in [1.165, 1.54) is 0 Å². The molecule has 0 aromatic heterocycles. The molecule has 1 aromatic rings. The Hall–Kier alpha value is -1.40. The number of hydrogen-bond acceptors (Lipinski definition) is 3. The number of carbonyl (C=O) groups is 1. The topological polar surface area (TPSA) is 72.6 Å². The van der Waals surface area contributed by atoms with Gasteiger partial charge in [0.15, 0.2) is 0 Å². The van der Waals surface area contributed by atoms with Crippen LogP contribution in [0.4, 0.5) is 0 Å². The fourth-order valence-electron chi connectivity index (χ4n) is 2.81. The van der Waals surface area contributed by atoms with Crippen LogP contribution in [-0.4, -0.2) is 34.1 Å². The number of benzene rings is 1. The second kappa shape index (κ2) is 12.0. The van der Waals surface area contributed by atoms with E-state index in [0.717, 1.165) is 34.6 Å². The Kier molecular flexibility index (Phi) is 11.4. The largest absolute Gasteiger partial charge is 0.497 e. The summed E-state index contributed by atoms with van der Waals surface area (Å²) >= 11 is 0. The minimum absolute atomic E-state index is 0.396. The minimum atomic E-state index is -1.38. The van der Waals surface area contributed by atoms with Crippen molar-refractivity contribution in [3.63, 3.8) is 0 Å². The van der Waals surface area contributed by atoms with Gasteiger partial charge in [-0.3, -0.25) is 4.79 Å². The first kappa shape index (κ1) is 23.6. The number of amides is 1. The van der Waals surface area contributed by atoms with Gasteiger partial charge in [-0.15, -0.1) is 0 Å². The normalized spacial score (nSPS) is 18.1. The highest BCUT2D eigenvalue weighted by atomic mass is 32.2. The molecule has 5 nitrogen and oxygen atoms in total. The Balaban J connectivity index is 0.00000134. The summed E-state index contributed by atoms with van der Waals surface area (Å²) in [4.78, 5) is 12.4. The van der Waals surface area contributed by atoms with E-state index >= 15 is 0 Å². The molecule has 2 N–H and O–H groups in total. The van der Waals surface area contributed by atoms with Crippen LogP contribution in [-0.2, 0) is 15.8 Å². The fourth-order valence-corrected chi connectivity index (χ4v) is 4.45. The van der Waals surface area contributed by atoms with E-state index in [-0.39, 0.29) is 0 Å². The predicted molar refractivity (Wildman–Crippen MR) is 105 cm³/mol. The highest BCUT2D eigenvalue weighted by Gasteiger charge is 2.32. The van der Waals surface area contributed by atoms with Crippen molar-refractivity contribution in [3.8, 4) is 5.75 Å². The zero-order valence-corrected chi connectivity index (χ0v) is 17.5. The molecule has 1 saturated heterocycles. The van der Waals surface area contributed by atoms with Crippen molar-refractivity contribution in [2.75, 3.05) is 13.7 Å². The van der Waals surface area contributed by atoms with Gasteiger partial charge in [-0.2, -0.15) is 0 Å². The molecule has 0 spiro atoms. The molecule has 1 amide bonds. The summed E-state index contributed by atoms with van der Waals surface area (Å²) in [5.41, 5.74) is 7.26. The van der Waals surface area contributed by atoms with Crippen molar-refractivity contribution in [1.29, 1.82) is 0 Å². The van der Waals surface area contributed by atoms with E-state index in [2.05, 4.69) is 0 Å². The van der Waals surface area contributed by atoms with Crippen LogP contribution in [0, 0.1) is 13.8 Å². The van der Waals surface area contributed by atoms with E-state index in [1.807, 2.05) is 53.7 Å². The number of nitrogens with zero attached hydrogens (tertiary/aromatic N) is 1. The summed E-state index contributed by atoms with van der Waals surface area (Å²) < 4.78 is 19.9. The zero-order chi connectivity index (χ0) is 19.6. The molecular weight excluding hydrogens is 336 g/mol. The van der Waals surface area contributed by atoms with Gasteiger partial charge < -0.3 is 10.5 Å². The maximum atomic E-state index is 12.9. The second-order valence-electron chi connectivity index (χ2n) is 5.39. The third-order valence-electron chi connectivity index (χ3n) is 3.84. The third-order valence-corrected chi connectivity index (χ3v) is 5.70. The van der Waals surface area contributed by atoms with Gasteiger partial charge in [0.2, 0.25) is 5.91 Å². The SMILES string of the molecule is CC.CC.COc1cc(C)c(S(=O)N2CCCCC2C(N)=O)c(C)c1. The number of primary amides is 1. The van der Waals surface area contributed by atoms with E-state index < -0.39 is 22.9 Å². The van der Waals surface area contributed by atoms with Gasteiger partial charge in [-0.25, -0.2) is 8.51 Å². The highest BCUT2D eigenvalue weighted by molar-refractivity contribution is 7.82. The maximum Gasteiger partial charge on any atom is 0.235 e. The molecule has 2 rings (SSSR count). The first-order valence-electron chi connectivity index (χ1n) is 9.08. The van der Waals surface area contributed by atoms with E-state index in [1.54, 1.807) is 11.4 Å². The molecule has 2 unspecified atom stereocenters. The quantitative estimate of drug-likeness (QED) is 0.878. The molecule has 0 aliphatic carbocycles. The zero-order valence-electron chi connectivity index (χ0n) is 16.7. The van der Waals surface area contributed by atoms with Crippen LogP contribution >= 0.6 is 0 Å². The number of methoxy groups -OCH3 is 1. The molecule has 0 bridgehead atoms. The van der Waals surface area contributed by atoms with Crippen LogP contribution in [0.25, 0.3) is 0 Å². The lowest BCUT2D eigenvalue weighted by Gasteiger charge is -2.32. The lowest BCUT2D eigenvalue weighted by atomic mass is 10.0. The minimum Gasteiger partial charge on any atom is -0.497 e. The predicted octanol–water partition coefficient (Wildman–Crippen LogP) is 3.73. The van der Waals surface area contributed by atoms with Crippen LogP contribution in [0.5, 0.6) is 5.75 Å². The molecular formula is C19H34N2O3S. The van der Waals surface area contributed by atoms with E-state index in [0.29, 0.717) is 13.0 Å². The van der Waals surface area contributed by atoms with Gasteiger partial charge in [0.25, 0.3) is 0 Å². The van der Waals surface area contributed by atoms with Gasteiger partial charge in [-0.05, 0) is 49.9 Å². The molecule has 6 heteroatoms. The number of hydrogen-bond donors (Lipinski definition) is 1. The summed E-state index contributed by atoms with van der Waals surface area (Å²) in [6.07, 6.45) is 2.56. The molecule has 1 aromatic carbocycles. The number of piperidine rings is 1. The summed E-state index contributed by atoms with van der Waals surface area (Å²) in [5, 5.41) is 0. The number of carbonyl (C=O) groups excluding carboxylic acids is 1. The summed E-state index contributed by atoms with van der Waals surface area (Å²) in [7, 11) is 0.233. The van der Waals surface area contributed by atoms with Crippen molar-refractivity contribution in [1.82, 2.24) is 4.31 Å². The van der Waals surface area contributed by atoms with Crippen molar-refractivity contribution in [3.05, 3.63) is 23.3 Å². The van der Waals surface area contributed by atoms with Gasteiger partial charge in [0, 0.05) is 6.54 Å². The average Bonchev–Trinajstić information content (AvgIpc) is 2.64. The molecule has 1 heterocycles. The number of nitrogens with two attached hydrogens (primary N) is 1. The number of ether oxygens (including phenoxy) is 1. The van der Waals surface area contributed by atoms with Gasteiger partial charge in [0.05, 0.1) is 12.0 Å². The van der Waals surface area contributed by atoms with E-state index in [4.69, 9.17) is 10.5 Å². The first-order valence-corrected chi connectivity index (χ1v) is 10.2. The van der Waals surface area contributed by atoms with Gasteiger partial charge in [-0.1, -0.05) is 34.1 Å². The van der Waals surface area contributed by atoms with Crippen LogP contribution in [0.15, 0.2) is 17.0 Å². The molecule has 0 radical (unpaired) electrons. The van der Waals surface area contributed by atoms with Crippen LogP contribution < -0.4 is 10.5 Å². The van der Waals surface area contributed by atoms with Gasteiger partial charge in [0.1, 0.15) is 22.8 Å². The Bertz CT molecular complexity index is 553. The fraction of sp³-hybridized carbons (Fsp3) is 0.632. The average molecular weight is 371 g/mol. The third kappa shape index (κ3) is 6.12. The summed E-state index contributed by atoms with van der Waals surface area (Å²) in [6.45, 7) is 12.4. The van der Waals surface area contributed by atoms with Crippen molar-refractivity contribution < 1.29 is 13.7 Å². The second-order valence-corrected chi connectivity index (χ2v) is 6.77. The Morgan fingerprint density at radius 1 is 1.16 bits per heavy atom. The van der Waals surface area contributed by atoms with Crippen LogP contribution in [0.2, 0.25) is 0 Å². The highest BCUT2D eigenvalue weighted by Crippen LogP contribution is 2.29. The van der Waals surface area contributed by atoms with Gasteiger partial charge >= 0.3 is 0 Å². The lowest BCUT2D eigenvalue weighted by Crippen LogP contribution is -2.48. The molecule has 1 aliphatic heterocycles. The summed E-state index contributed by atoms with van der Waals surface area (Å²) in [6, 6.07) is 3.29. The standard InChI is InChI=1S/C15H22N2O3S.2C2H6/c1-10-8-12(20-3)9-11(2)14(10)21(19)17-7-5-4-6-13(17)15(16)18;2*1-2/h8-9,13H,4-7H2,1-3H3,(H2,16,18);2*1-2H3. The molecule has 25 heavy (non-hydrogen) atoms.